The molecule has 0 aromatic heterocycles. The van der Waals surface area contributed by atoms with Gasteiger partial charge in [0.05, 0.1) is 0 Å². The average molecular weight is 507 g/mol. The quantitative estimate of drug-likeness (QED) is 0.488. The smallest absolute Gasteiger partial charge is 0.260 e. The molecule has 2 aliphatic rings. The lowest BCUT2D eigenvalue weighted by atomic mass is 9.95. The maximum absolute atomic E-state index is 13.1. The van der Waals surface area contributed by atoms with E-state index in [1.807, 2.05) is 6.07 Å². The average Bonchev–Trinajstić information content (AvgIpc) is 3.40. The Hall–Kier alpha value is -4.27. The van der Waals surface area contributed by atoms with E-state index >= 15 is 0 Å². The molecule has 0 aliphatic carbocycles. The molecule has 2 heterocycles. The zero-order chi connectivity index (χ0) is 25.6. The third-order valence-corrected chi connectivity index (χ3v) is 6.37. The molecule has 3 aromatic carbocycles. The Bertz CT molecular complexity index is 1260. The molecule has 1 fully saturated rings. The Balaban J connectivity index is 1.08. The number of likely N-dealkylation sites (tertiary alicyclic amines) is 1. The third-order valence-electron chi connectivity index (χ3n) is 6.37. The molecule has 1 saturated heterocycles. The number of fused-ring (bicyclic) bond motifs is 1. The molecule has 9 heteroatoms. The van der Waals surface area contributed by atoms with Gasteiger partial charge in [-0.1, -0.05) is 24.3 Å². The van der Waals surface area contributed by atoms with Crippen molar-refractivity contribution in [2.24, 2.45) is 5.92 Å². The molecule has 2 amide bonds. The van der Waals surface area contributed by atoms with Crippen LogP contribution in [-0.2, 0) is 16.2 Å². The highest BCUT2D eigenvalue weighted by atomic mass is 19.1. The van der Waals surface area contributed by atoms with E-state index in [2.05, 4.69) is 5.32 Å². The first-order valence-corrected chi connectivity index (χ1v) is 12.1. The molecule has 0 bridgehead atoms. The number of para-hydroxylation sites is 2. The van der Waals surface area contributed by atoms with E-state index in [9.17, 15) is 14.0 Å². The largest absolute Gasteiger partial charge is 0.485 e. The highest BCUT2D eigenvalue weighted by molar-refractivity contribution is 5.93. The van der Waals surface area contributed by atoms with Crippen LogP contribution in [0.5, 0.6) is 23.0 Å². The molecule has 3 aromatic rings. The first kappa shape index (κ1) is 24.4. The Morgan fingerprint density at radius 2 is 1.62 bits per heavy atom. The number of amides is 2. The highest BCUT2D eigenvalue weighted by Gasteiger charge is 2.28. The molecular weight excluding hydrogens is 479 g/mol. The number of hydrogen-bond acceptors (Lipinski definition) is 6. The molecule has 0 spiro atoms. The standard InChI is InChI=1S/C28H27FN2O6/c29-21-7-5-19(6-8-21)16-34-23-3-1-2-4-24(23)35-17-27(32)31-13-11-20(12-14-31)28(33)30-22-9-10-25-26(15-22)37-18-36-25/h1-10,15,20H,11-14,16-18H2,(H,30,33). The van der Waals surface area contributed by atoms with Crippen LogP contribution in [-0.4, -0.2) is 43.2 Å². The lowest BCUT2D eigenvalue weighted by Crippen LogP contribution is -2.43. The van der Waals surface area contributed by atoms with Gasteiger partial charge in [-0.15, -0.1) is 0 Å². The number of piperidine rings is 1. The summed E-state index contributed by atoms with van der Waals surface area (Å²) in [4.78, 5) is 27.2. The van der Waals surface area contributed by atoms with E-state index in [1.165, 1.54) is 12.1 Å². The number of hydrogen-bond donors (Lipinski definition) is 1. The summed E-state index contributed by atoms with van der Waals surface area (Å²) in [7, 11) is 0. The number of benzene rings is 3. The van der Waals surface area contributed by atoms with Crippen molar-refractivity contribution in [3.63, 3.8) is 0 Å². The van der Waals surface area contributed by atoms with Crippen molar-refractivity contribution in [1.82, 2.24) is 4.90 Å². The van der Waals surface area contributed by atoms with Crippen LogP contribution in [0.4, 0.5) is 10.1 Å². The number of carbonyl (C=O) groups excluding carboxylic acids is 2. The van der Waals surface area contributed by atoms with Crippen molar-refractivity contribution in [3.05, 3.63) is 78.1 Å². The van der Waals surface area contributed by atoms with Crippen molar-refractivity contribution in [1.29, 1.82) is 0 Å². The molecule has 8 nitrogen and oxygen atoms in total. The first-order valence-electron chi connectivity index (χ1n) is 12.1. The van der Waals surface area contributed by atoms with Crippen LogP contribution < -0.4 is 24.3 Å². The van der Waals surface area contributed by atoms with Gasteiger partial charge in [0.25, 0.3) is 5.91 Å². The fraction of sp³-hybridized carbons (Fsp3) is 0.286. The molecule has 0 unspecified atom stereocenters. The summed E-state index contributed by atoms with van der Waals surface area (Å²) in [5.41, 5.74) is 1.47. The first-order chi connectivity index (χ1) is 18.0. The van der Waals surface area contributed by atoms with Crippen molar-refractivity contribution in [3.8, 4) is 23.0 Å². The topological polar surface area (TPSA) is 86.3 Å². The molecular formula is C28H27FN2O6. The summed E-state index contributed by atoms with van der Waals surface area (Å²) >= 11 is 0. The number of carbonyl (C=O) groups is 2. The van der Waals surface area contributed by atoms with Crippen molar-refractivity contribution in [2.45, 2.75) is 19.4 Å². The Morgan fingerprint density at radius 3 is 2.38 bits per heavy atom. The van der Waals surface area contributed by atoms with Crippen LogP contribution in [0.3, 0.4) is 0 Å². The van der Waals surface area contributed by atoms with Crippen molar-refractivity contribution in [2.75, 3.05) is 31.8 Å². The SMILES string of the molecule is O=C(Nc1ccc2c(c1)OCO2)C1CCN(C(=O)COc2ccccc2OCc2ccc(F)cc2)CC1. The van der Waals surface area contributed by atoms with Gasteiger partial charge in [-0.05, 0) is 54.8 Å². The number of ether oxygens (including phenoxy) is 4. The summed E-state index contributed by atoms with van der Waals surface area (Å²) in [6, 6.07) is 18.5. The number of rotatable bonds is 8. The van der Waals surface area contributed by atoms with Gasteiger partial charge in [0.15, 0.2) is 29.6 Å². The molecule has 5 rings (SSSR count). The van der Waals surface area contributed by atoms with E-state index < -0.39 is 0 Å². The number of anilines is 1. The van der Waals surface area contributed by atoms with Gasteiger partial charge >= 0.3 is 0 Å². The summed E-state index contributed by atoms with van der Waals surface area (Å²) in [6.07, 6.45) is 1.14. The van der Waals surface area contributed by atoms with Crippen molar-refractivity contribution >= 4 is 17.5 Å². The number of halogens is 1. The van der Waals surface area contributed by atoms with Crippen LogP contribution in [0.25, 0.3) is 0 Å². The van der Waals surface area contributed by atoms with Gasteiger partial charge in [0.2, 0.25) is 12.7 Å². The number of nitrogens with one attached hydrogen (secondary N) is 1. The van der Waals surface area contributed by atoms with Gasteiger partial charge < -0.3 is 29.2 Å². The molecule has 192 valence electrons. The summed E-state index contributed by atoms with van der Waals surface area (Å²) in [5.74, 6) is 1.51. The van der Waals surface area contributed by atoms with Crippen LogP contribution in [0.15, 0.2) is 66.7 Å². The second kappa shape index (κ2) is 11.2. The molecule has 0 radical (unpaired) electrons. The normalized spacial score (nSPS) is 14.8. The Morgan fingerprint density at radius 1 is 0.919 bits per heavy atom. The minimum Gasteiger partial charge on any atom is -0.485 e. The predicted octanol–water partition coefficient (Wildman–Crippen LogP) is 4.39. The fourth-order valence-corrected chi connectivity index (χ4v) is 4.27. The number of nitrogens with zero attached hydrogens (tertiary/aromatic N) is 1. The van der Waals surface area contributed by atoms with E-state index in [0.717, 1.165) is 5.56 Å². The van der Waals surface area contributed by atoms with Crippen molar-refractivity contribution < 1.29 is 32.9 Å². The zero-order valence-corrected chi connectivity index (χ0v) is 20.2. The Kier molecular flexibility index (Phi) is 7.39. The summed E-state index contributed by atoms with van der Waals surface area (Å²) in [5, 5.41) is 2.93. The maximum atomic E-state index is 13.1. The van der Waals surface area contributed by atoms with Crippen LogP contribution in [0.2, 0.25) is 0 Å². The second-order valence-electron chi connectivity index (χ2n) is 8.86. The lowest BCUT2D eigenvalue weighted by molar-refractivity contribution is -0.136. The van der Waals surface area contributed by atoms with Gasteiger partial charge in [0.1, 0.15) is 12.4 Å². The predicted molar refractivity (Wildman–Crippen MR) is 133 cm³/mol. The summed E-state index contributed by atoms with van der Waals surface area (Å²) < 4.78 is 35.4. The summed E-state index contributed by atoms with van der Waals surface area (Å²) in [6.45, 7) is 1.24. The van der Waals surface area contributed by atoms with E-state index in [-0.39, 0.29) is 43.6 Å². The van der Waals surface area contributed by atoms with E-state index in [4.69, 9.17) is 18.9 Å². The van der Waals surface area contributed by atoms with E-state index in [1.54, 1.807) is 53.4 Å². The second-order valence-corrected chi connectivity index (χ2v) is 8.86. The van der Waals surface area contributed by atoms with Gasteiger partial charge in [-0.2, -0.15) is 0 Å². The molecule has 0 atom stereocenters. The van der Waals surface area contributed by atoms with Crippen LogP contribution in [0.1, 0.15) is 18.4 Å². The molecule has 37 heavy (non-hydrogen) atoms. The lowest BCUT2D eigenvalue weighted by Gasteiger charge is -2.31. The maximum Gasteiger partial charge on any atom is 0.260 e. The highest BCUT2D eigenvalue weighted by Crippen LogP contribution is 2.34. The van der Waals surface area contributed by atoms with Crippen LogP contribution >= 0.6 is 0 Å². The molecule has 2 aliphatic heterocycles. The van der Waals surface area contributed by atoms with E-state index in [0.29, 0.717) is 54.6 Å². The molecule has 1 N–H and O–H groups in total. The fourth-order valence-electron chi connectivity index (χ4n) is 4.27. The monoisotopic (exact) mass is 506 g/mol. The van der Waals surface area contributed by atoms with Crippen LogP contribution in [0, 0.1) is 11.7 Å². The third kappa shape index (κ3) is 6.11. The minimum absolute atomic E-state index is 0.0746. The Labute approximate surface area is 213 Å². The molecule has 0 saturated carbocycles. The minimum atomic E-state index is -0.305. The zero-order valence-electron chi connectivity index (χ0n) is 20.2. The van der Waals surface area contributed by atoms with Gasteiger partial charge in [-0.25, -0.2) is 4.39 Å². The van der Waals surface area contributed by atoms with Gasteiger partial charge in [-0.3, -0.25) is 9.59 Å². The van der Waals surface area contributed by atoms with Gasteiger partial charge in [0, 0.05) is 30.8 Å².